The fraction of sp³-hybridized carbons (Fsp3) is 0.160. The summed E-state index contributed by atoms with van der Waals surface area (Å²) in [5.41, 5.74) is 1.45. The van der Waals surface area contributed by atoms with E-state index in [0.717, 1.165) is 15.5 Å². The molecule has 2 N–H and O–H groups in total. The summed E-state index contributed by atoms with van der Waals surface area (Å²) in [6.45, 7) is 5.56. The minimum atomic E-state index is -0.788. The van der Waals surface area contributed by atoms with Gasteiger partial charge in [-0.1, -0.05) is 29.8 Å². The molecular formula is C25H21ClN4O5S. The van der Waals surface area contributed by atoms with Crippen LogP contribution in [0.3, 0.4) is 0 Å². The second-order valence-corrected chi connectivity index (χ2v) is 9.27. The quantitative estimate of drug-likeness (QED) is 0.342. The van der Waals surface area contributed by atoms with Crippen molar-refractivity contribution in [2.24, 2.45) is 0 Å². The molecule has 0 spiro atoms. The van der Waals surface area contributed by atoms with Crippen LogP contribution < -0.4 is 15.5 Å². The Hall–Kier alpha value is -4.02. The molecule has 11 heteroatoms. The first-order valence-electron chi connectivity index (χ1n) is 10.9. The lowest BCUT2D eigenvalue weighted by molar-refractivity contribution is -0.120. The Bertz CT molecular complexity index is 1410. The number of thiazole rings is 1. The van der Waals surface area contributed by atoms with Crippen molar-refractivity contribution in [1.82, 2.24) is 4.98 Å². The number of nitrogens with zero attached hydrogens (tertiary/aromatic N) is 2. The standard InChI is InChI=1S/C25H21ClN4O5S/c1-4-35-24(34)17-10-5-6-11-18(17)30-22(32)19(26)20(23(30)33)28-16-9-7-8-15(12-16)21(31)29-25-27-13(2)14(3)36-25/h5-12,28H,4H2,1-3H3,(H,27,29,31). The molecule has 0 unspecified atom stereocenters. The zero-order valence-corrected chi connectivity index (χ0v) is 21.1. The maximum absolute atomic E-state index is 13.2. The Morgan fingerprint density at radius 1 is 1.08 bits per heavy atom. The molecule has 9 nitrogen and oxygen atoms in total. The van der Waals surface area contributed by atoms with Gasteiger partial charge >= 0.3 is 5.97 Å². The minimum absolute atomic E-state index is 0.0538. The average Bonchev–Trinajstić information content (AvgIpc) is 3.28. The number of aryl methyl sites for hydroxylation is 2. The van der Waals surface area contributed by atoms with Gasteiger partial charge in [0.25, 0.3) is 17.7 Å². The second-order valence-electron chi connectivity index (χ2n) is 7.69. The van der Waals surface area contributed by atoms with E-state index in [-0.39, 0.29) is 34.5 Å². The fourth-order valence-corrected chi connectivity index (χ4v) is 4.48. The molecule has 4 rings (SSSR count). The van der Waals surface area contributed by atoms with Crippen LogP contribution in [0.4, 0.5) is 16.5 Å². The number of esters is 1. The maximum Gasteiger partial charge on any atom is 0.340 e. The number of carbonyl (C=O) groups excluding carboxylic acids is 4. The molecule has 0 saturated carbocycles. The smallest absolute Gasteiger partial charge is 0.340 e. The molecule has 0 aliphatic carbocycles. The number of carbonyl (C=O) groups is 4. The topological polar surface area (TPSA) is 118 Å². The third kappa shape index (κ3) is 4.86. The fourth-order valence-electron chi connectivity index (χ4n) is 3.46. The van der Waals surface area contributed by atoms with E-state index in [0.29, 0.717) is 16.4 Å². The van der Waals surface area contributed by atoms with E-state index in [1.807, 2.05) is 13.8 Å². The number of halogens is 1. The van der Waals surface area contributed by atoms with Gasteiger partial charge in [0, 0.05) is 16.1 Å². The monoisotopic (exact) mass is 524 g/mol. The molecule has 2 heterocycles. The Morgan fingerprint density at radius 3 is 2.53 bits per heavy atom. The van der Waals surface area contributed by atoms with Crippen molar-refractivity contribution < 1.29 is 23.9 Å². The summed E-state index contributed by atoms with van der Waals surface area (Å²) in [6, 6.07) is 12.5. The van der Waals surface area contributed by atoms with Crippen LogP contribution in [0.15, 0.2) is 59.3 Å². The number of rotatable bonds is 7. The number of hydrogen-bond donors (Lipinski definition) is 2. The van der Waals surface area contributed by atoms with Gasteiger partial charge < -0.3 is 10.1 Å². The van der Waals surface area contributed by atoms with Crippen LogP contribution in [0.2, 0.25) is 0 Å². The molecule has 1 aliphatic heterocycles. The lowest BCUT2D eigenvalue weighted by atomic mass is 10.1. The third-order valence-electron chi connectivity index (χ3n) is 5.31. The summed E-state index contributed by atoms with van der Waals surface area (Å²) in [7, 11) is 0. The highest BCUT2D eigenvalue weighted by Gasteiger charge is 2.40. The predicted octanol–water partition coefficient (Wildman–Crippen LogP) is 4.62. The van der Waals surface area contributed by atoms with E-state index in [1.165, 1.54) is 29.5 Å². The zero-order valence-electron chi connectivity index (χ0n) is 19.5. The largest absolute Gasteiger partial charge is 0.462 e. The van der Waals surface area contributed by atoms with E-state index in [9.17, 15) is 19.2 Å². The number of hydrogen-bond acceptors (Lipinski definition) is 8. The second kappa shape index (κ2) is 10.3. The Kier molecular flexibility index (Phi) is 7.18. The summed E-state index contributed by atoms with van der Waals surface area (Å²) in [5.74, 6) is -2.59. The molecule has 3 amide bonds. The van der Waals surface area contributed by atoms with Gasteiger partial charge in [-0.3, -0.25) is 19.7 Å². The van der Waals surface area contributed by atoms with Crippen LogP contribution in [-0.4, -0.2) is 35.3 Å². The SMILES string of the molecule is CCOC(=O)c1ccccc1N1C(=O)C(Cl)=C(Nc2cccc(C(=O)Nc3nc(C)c(C)s3)c2)C1=O. The van der Waals surface area contributed by atoms with Crippen LogP contribution >= 0.6 is 22.9 Å². The molecule has 0 radical (unpaired) electrons. The Morgan fingerprint density at radius 2 is 1.83 bits per heavy atom. The lowest BCUT2D eigenvalue weighted by Crippen LogP contribution is -2.33. The van der Waals surface area contributed by atoms with Crippen LogP contribution in [-0.2, 0) is 14.3 Å². The molecule has 0 saturated heterocycles. The van der Waals surface area contributed by atoms with Gasteiger partial charge in [0.1, 0.15) is 10.7 Å². The molecule has 36 heavy (non-hydrogen) atoms. The van der Waals surface area contributed by atoms with Crippen molar-refractivity contribution in [3.8, 4) is 0 Å². The third-order valence-corrected chi connectivity index (χ3v) is 6.65. The highest BCUT2D eigenvalue weighted by atomic mass is 35.5. The first-order chi connectivity index (χ1) is 17.2. The van der Waals surface area contributed by atoms with Crippen molar-refractivity contribution >= 4 is 63.1 Å². The van der Waals surface area contributed by atoms with E-state index in [1.54, 1.807) is 37.3 Å². The molecule has 184 valence electrons. The minimum Gasteiger partial charge on any atom is -0.462 e. The predicted molar refractivity (Wildman–Crippen MR) is 137 cm³/mol. The molecule has 0 fully saturated rings. The van der Waals surface area contributed by atoms with Crippen LogP contribution in [0.25, 0.3) is 0 Å². The molecule has 1 aromatic heterocycles. The van der Waals surface area contributed by atoms with Crippen molar-refractivity contribution in [2.75, 3.05) is 22.1 Å². The van der Waals surface area contributed by atoms with Crippen molar-refractivity contribution in [3.63, 3.8) is 0 Å². The van der Waals surface area contributed by atoms with E-state index >= 15 is 0 Å². The number of amides is 3. The first-order valence-corrected chi connectivity index (χ1v) is 12.1. The van der Waals surface area contributed by atoms with Gasteiger partial charge in [0.15, 0.2) is 5.13 Å². The van der Waals surface area contributed by atoms with Gasteiger partial charge in [-0.25, -0.2) is 14.7 Å². The van der Waals surface area contributed by atoms with Crippen LogP contribution in [0.5, 0.6) is 0 Å². The summed E-state index contributed by atoms with van der Waals surface area (Å²) >= 11 is 7.61. The number of imide groups is 1. The highest BCUT2D eigenvalue weighted by Crippen LogP contribution is 2.32. The summed E-state index contributed by atoms with van der Waals surface area (Å²) < 4.78 is 5.04. The molecule has 3 aromatic rings. The molecule has 0 bridgehead atoms. The lowest BCUT2D eigenvalue weighted by Gasteiger charge is -2.18. The van der Waals surface area contributed by atoms with E-state index < -0.39 is 17.8 Å². The van der Waals surface area contributed by atoms with Gasteiger partial charge in [-0.15, -0.1) is 11.3 Å². The van der Waals surface area contributed by atoms with Crippen molar-refractivity contribution in [2.45, 2.75) is 20.8 Å². The number of benzene rings is 2. The van der Waals surface area contributed by atoms with Gasteiger partial charge in [0.05, 0.1) is 23.6 Å². The number of anilines is 3. The molecule has 2 aromatic carbocycles. The van der Waals surface area contributed by atoms with E-state index in [2.05, 4.69) is 15.6 Å². The Balaban J connectivity index is 1.57. The molecular weight excluding hydrogens is 504 g/mol. The summed E-state index contributed by atoms with van der Waals surface area (Å²) in [4.78, 5) is 57.3. The van der Waals surface area contributed by atoms with Crippen molar-refractivity contribution in [1.29, 1.82) is 0 Å². The summed E-state index contributed by atoms with van der Waals surface area (Å²) in [6.07, 6.45) is 0. The summed E-state index contributed by atoms with van der Waals surface area (Å²) in [5, 5.41) is 5.73. The normalized spacial score (nSPS) is 13.3. The average molecular weight is 525 g/mol. The number of ether oxygens (including phenoxy) is 1. The molecule has 0 atom stereocenters. The van der Waals surface area contributed by atoms with E-state index in [4.69, 9.17) is 16.3 Å². The Labute approximate surface area is 215 Å². The molecule has 1 aliphatic rings. The van der Waals surface area contributed by atoms with Crippen LogP contribution in [0.1, 0.15) is 38.2 Å². The number of nitrogens with one attached hydrogen (secondary N) is 2. The maximum atomic E-state index is 13.2. The van der Waals surface area contributed by atoms with Gasteiger partial charge in [-0.05, 0) is 51.1 Å². The first kappa shape index (κ1) is 25.1. The zero-order chi connectivity index (χ0) is 26.0. The van der Waals surface area contributed by atoms with Crippen LogP contribution in [0, 0.1) is 13.8 Å². The van der Waals surface area contributed by atoms with Gasteiger partial charge in [0.2, 0.25) is 0 Å². The van der Waals surface area contributed by atoms with Crippen molar-refractivity contribution in [3.05, 3.63) is 81.0 Å². The number of para-hydroxylation sites is 1. The van der Waals surface area contributed by atoms with Gasteiger partial charge in [-0.2, -0.15) is 0 Å². The highest BCUT2D eigenvalue weighted by molar-refractivity contribution is 7.15. The number of aromatic nitrogens is 1.